The van der Waals surface area contributed by atoms with Gasteiger partial charge in [-0.15, -0.1) is 18.3 Å². The molecule has 2 aromatic rings. The second kappa shape index (κ2) is 9.93. The number of piperidine rings is 1. The minimum Gasteiger partial charge on any atom is -0.497 e. The molecular weight excluding hydrogens is 394 g/mol. The number of thiazole rings is 1. The number of amides is 2. The maximum absolute atomic E-state index is 12.4. The molecule has 0 saturated carbocycles. The lowest BCUT2D eigenvalue weighted by Crippen LogP contribution is -2.36. The first kappa shape index (κ1) is 20.7. The van der Waals surface area contributed by atoms with E-state index in [1.54, 1.807) is 13.2 Å². The topological polar surface area (TPSA) is 63.9 Å². The average molecular weight is 420 g/mol. The van der Waals surface area contributed by atoms with Crippen molar-refractivity contribution in [2.45, 2.75) is 25.8 Å². The number of methoxy groups -OCH3 is 1. The second-order valence-electron chi connectivity index (χ2n) is 6.56. The maximum atomic E-state index is 12.4. The van der Waals surface area contributed by atoms with Gasteiger partial charge in [0.25, 0.3) is 5.91 Å². The quantitative estimate of drug-likeness (QED) is 0.647. The van der Waals surface area contributed by atoms with Crippen molar-refractivity contribution < 1.29 is 14.3 Å². The number of nitrogens with zero attached hydrogens (tertiary/aromatic N) is 3. The van der Waals surface area contributed by atoms with Gasteiger partial charge in [0.1, 0.15) is 5.75 Å². The number of benzene rings is 1. The number of allylic oxidation sites excluding steroid dienone is 1. The average Bonchev–Trinajstić information content (AvgIpc) is 3.05. The van der Waals surface area contributed by atoms with Gasteiger partial charge in [-0.2, -0.15) is 4.99 Å². The Morgan fingerprint density at radius 2 is 2.07 bits per heavy atom. The number of hydrogen-bond acceptors (Lipinski definition) is 5. The van der Waals surface area contributed by atoms with Crippen LogP contribution in [0.5, 0.6) is 5.75 Å². The normalized spacial score (nSPS) is 15.0. The van der Waals surface area contributed by atoms with Crippen molar-refractivity contribution in [1.82, 2.24) is 9.47 Å². The van der Waals surface area contributed by atoms with Crippen LogP contribution in [0.25, 0.3) is 10.2 Å². The molecule has 150 valence electrons. The van der Waals surface area contributed by atoms with Crippen LogP contribution in [0.15, 0.2) is 35.8 Å². The zero-order valence-electron chi connectivity index (χ0n) is 16.1. The number of likely N-dealkylation sites (tertiary alicyclic amines) is 1. The Hall–Kier alpha value is -2.06. The molecule has 0 radical (unpaired) electrons. The molecule has 3 rings (SSSR count). The molecule has 0 bridgehead atoms. The predicted molar refractivity (Wildman–Crippen MR) is 115 cm³/mol. The molecule has 0 unspecified atom stereocenters. The molecular formula is C20H25N3O3S2. The van der Waals surface area contributed by atoms with E-state index < -0.39 is 0 Å². The molecule has 0 atom stereocenters. The standard InChI is InChI=1S/C20H25N3O3S2/c1-3-9-23-16-8-7-15(26-2)12-17(16)28-20(23)21-18(24)13-27-14-19(25)22-10-5-4-6-11-22/h3,7-8,12H,1,4-6,9-11,13-14H2,2H3. The fourth-order valence-corrected chi connectivity index (χ4v) is 4.95. The first-order valence-electron chi connectivity index (χ1n) is 9.33. The Kier molecular flexibility index (Phi) is 7.33. The summed E-state index contributed by atoms with van der Waals surface area (Å²) < 4.78 is 8.25. The van der Waals surface area contributed by atoms with E-state index in [0.717, 1.165) is 41.9 Å². The summed E-state index contributed by atoms with van der Waals surface area (Å²) in [5.41, 5.74) is 0.991. The van der Waals surface area contributed by atoms with Crippen LogP contribution in [0.3, 0.4) is 0 Å². The van der Waals surface area contributed by atoms with Gasteiger partial charge < -0.3 is 14.2 Å². The molecule has 1 aromatic carbocycles. The number of rotatable bonds is 7. The number of hydrogen-bond donors (Lipinski definition) is 0. The molecule has 6 nitrogen and oxygen atoms in total. The lowest BCUT2D eigenvalue weighted by atomic mass is 10.1. The van der Waals surface area contributed by atoms with Crippen molar-refractivity contribution in [3.63, 3.8) is 0 Å². The van der Waals surface area contributed by atoms with E-state index in [2.05, 4.69) is 11.6 Å². The van der Waals surface area contributed by atoms with Crippen LogP contribution in [0.4, 0.5) is 0 Å². The van der Waals surface area contributed by atoms with Gasteiger partial charge in [0.05, 0.1) is 28.8 Å². The van der Waals surface area contributed by atoms with E-state index in [9.17, 15) is 9.59 Å². The molecule has 1 fully saturated rings. The van der Waals surface area contributed by atoms with Crippen molar-refractivity contribution in [3.8, 4) is 5.75 Å². The summed E-state index contributed by atoms with van der Waals surface area (Å²) in [6, 6.07) is 5.79. The highest BCUT2D eigenvalue weighted by Crippen LogP contribution is 2.23. The van der Waals surface area contributed by atoms with Gasteiger partial charge in [-0.3, -0.25) is 9.59 Å². The number of fused-ring (bicyclic) bond motifs is 1. The van der Waals surface area contributed by atoms with Crippen LogP contribution < -0.4 is 9.54 Å². The Balaban J connectivity index is 1.68. The van der Waals surface area contributed by atoms with Gasteiger partial charge in [-0.1, -0.05) is 17.4 Å². The van der Waals surface area contributed by atoms with Crippen molar-refractivity contribution in [3.05, 3.63) is 35.7 Å². The number of carbonyl (C=O) groups is 2. The van der Waals surface area contributed by atoms with Crippen molar-refractivity contribution >= 4 is 45.1 Å². The highest BCUT2D eigenvalue weighted by molar-refractivity contribution is 8.00. The monoisotopic (exact) mass is 419 g/mol. The molecule has 0 spiro atoms. The smallest absolute Gasteiger partial charge is 0.258 e. The molecule has 2 amide bonds. The van der Waals surface area contributed by atoms with Gasteiger partial charge in [0, 0.05) is 19.6 Å². The zero-order chi connectivity index (χ0) is 19.9. The fourth-order valence-electron chi connectivity index (χ4n) is 3.17. The van der Waals surface area contributed by atoms with E-state index >= 15 is 0 Å². The second-order valence-corrected chi connectivity index (χ2v) is 8.55. The van der Waals surface area contributed by atoms with Gasteiger partial charge in [0.15, 0.2) is 4.80 Å². The molecule has 0 aliphatic carbocycles. The van der Waals surface area contributed by atoms with Crippen LogP contribution in [-0.2, 0) is 16.1 Å². The van der Waals surface area contributed by atoms with Crippen LogP contribution in [-0.4, -0.2) is 53.0 Å². The van der Waals surface area contributed by atoms with Crippen LogP contribution in [0.2, 0.25) is 0 Å². The minimum atomic E-state index is -0.229. The van der Waals surface area contributed by atoms with Gasteiger partial charge in [-0.05, 0) is 37.5 Å². The Bertz CT molecular complexity index is 926. The van der Waals surface area contributed by atoms with Crippen LogP contribution >= 0.6 is 23.1 Å². The van der Waals surface area contributed by atoms with E-state index in [4.69, 9.17) is 4.74 Å². The molecule has 1 aliphatic heterocycles. The highest BCUT2D eigenvalue weighted by Gasteiger charge is 2.16. The predicted octanol–water partition coefficient (Wildman–Crippen LogP) is 3.07. The fraction of sp³-hybridized carbons (Fsp3) is 0.450. The van der Waals surface area contributed by atoms with E-state index in [-0.39, 0.29) is 17.6 Å². The molecule has 1 saturated heterocycles. The SMILES string of the molecule is C=CCn1c(=NC(=O)CSCC(=O)N2CCCCC2)sc2cc(OC)ccc21. The first-order chi connectivity index (χ1) is 13.6. The molecule has 8 heteroatoms. The third-order valence-electron chi connectivity index (χ3n) is 4.58. The summed E-state index contributed by atoms with van der Waals surface area (Å²) in [6.07, 6.45) is 5.13. The Morgan fingerprint density at radius 3 is 2.79 bits per heavy atom. The minimum absolute atomic E-state index is 0.119. The number of carbonyl (C=O) groups excluding carboxylic acids is 2. The zero-order valence-corrected chi connectivity index (χ0v) is 17.7. The van der Waals surface area contributed by atoms with Crippen molar-refractivity contribution in [2.24, 2.45) is 4.99 Å². The van der Waals surface area contributed by atoms with E-state index in [1.165, 1.54) is 29.5 Å². The summed E-state index contributed by atoms with van der Waals surface area (Å²) in [5.74, 6) is 1.19. The largest absolute Gasteiger partial charge is 0.497 e. The Morgan fingerprint density at radius 1 is 1.29 bits per heavy atom. The van der Waals surface area contributed by atoms with Crippen molar-refractivity contribution in [1.29, 1.82) is 0 Å². The highest BCUT2D eigenvalue weighted by atomic mass is 32.2. The van der Waals surface area contributed by atoms with Crippen LogP contribution in [0.1, 0.15) is 19.3 Å². The van der Waals surface area contributed by atoms with Crippen LogP contribution in [0, 0.1) is 0 Å². The summed E-state index contributed by atoms with van der Waals surface area (Å²) in [5, 5.41) is 0. The molecule has 0 N–H and O–H groups in total. The lowest BCUT2D eigenvalue weighted by Gasteiger charge is -2.26. The Labute approximate surface area is 172 Å². The summed E-state index contributed by atoms with van der Waals surface area (Å²) >= 11 is 2.78. The number of aromatic nitrogens is 1. The number of ether oxygens (including phenoxy) is 1. The number of thioether (sulfide) groups is 1. The third-order valence-corrected chi connectivity index (χ3v) is 6.53. The third kappa shape index (κ3) is 5.05. The summed E-state index contributed by atoms with van der Waals surface area (Å²) in [4.78, 5) is 31.4. The molecule has 28 heavy (non-hydrogen) atoms. The lowest BCUT2D eigenvalue weighted by molar-refractivity contribution is -0.129. The summed E-state index contributed by atoms with van der Waals surface area (Å²) in [6.45, 7) is 6.04. The van der Waals surface area contributed by atoms with E-state index in [1.807, 2.05) is 27.7 Å². The molecule has 2 heterocycles. The first-order valence-corrected chi connectivity index (χ1v) is 11.3. The van der Waals surface area contributed by atoms with Crippen molar-refractivity contribution in [2.75, 3.05) is 31.7 Å². The van der Waals surface area contributed by atoms with E-state index in [0.29, 0.717) is 17.1 Å². The summed E-state index contributed by atoms with van der Waals surface area (Å²) in [7, 11) is 1.63. The van der Waals surface area contributed by atoms with Gasteiger partial charge in [-0.25, -0.2) is 0 Å². The molecule has 1 aromatic heterocycles. The van der Waals surface area contributed by atoms with Gasteiger partial charge in [0.2, 0.25) is 5.91 Å². The van der Waals surface area contributed by atoms with Gasteiger partial charge >= 0.3 is 0 Å². The maximum Gasteiger partial charge on any atom is 0.258 e. The molecule has 1 aliphatic rings.